The first-order valence-electron chi connectivity index (χ1n) is 9.75. The van der Waals surface area contributed by atoms with Crippen molar-refractivity contribution in [1.29, 1.82) is 0 Å². The van der Waals surface area contributed by atoms with E-state index in [0.717, 1.165) is 22.6 Å². The minimum atomic E-state index is 0.410. The number of aliphatic imine (C=N–C) groups is 1. The van der Waals surface area contributed by atoms with Gasteiger partial charge in [-0.3, -0.25) is 15.0 Å². The molecule has 0 amide bonds. The zero-order valence-corrected chi connectivity index (χ0v) is 17.5. The van der Waals surface area contributed by atoms with E-state index in [1.54, 1.807) is 36.4 Å². The fraction of sp³-hybridized carbons (Fsp3) is 0.182. The third kappa shape index (κ3) is 4.40. The first-order chi connectivity index (χ1) is 15.2. The summed E-state index contributed by atoms with van der Waals surface area (Å²) in [7, 11) is 1.59. The van der Waals surface area contributed by atoms with E-state index in [1.807, 2.05) is 50.4 Å². The Balaban J connectivity index is 1.63. The summed E-state index contributed by atoms with van der Waals surface area (Å²) in [5, 5.41) is 16.6. The molecule has 4 heterocycles. The number of anilines is 1. The van der Waals surface area contributed by atoms with Gasteiger partial charge in [-0.15, -0.1) is 10.2 Å². The first-order valence-corrected chi connectivity index (χ1v) is 9.75. The summed E-state index contributed by atoms with van der Waals surface area (Å²) in [6, 6.07) is 9.64. The molecule has 1 N–H and O–H groups in total. The Morgan fingerprint density at radius 3 is 2.81 bits per heavy atom. The lowest BCUT2D eigenvalue weighted by Crippen LogP contribution is -2.07. The van der Waals surface area contributed by atoms with Crippen LogP contribution < -0.4 is 5.32 Å². The number of aryl methyl sites for hydroxylation is 1. The van der Waals surface area contributed by atoms with Crippen molar-refractivity contribution in [3.8, 4) is 11.3 Å². The molecule has 4 aromatic heterocycles. The number of nitrogens with one attached hydrogen (secondary N) is 1. The van der Waals surface area contributed by atoms with Crippen molar-refractivity contribution in [2.24, 2.45) is 4.99 Å². The number of hydrogen-bond donors (Lipinski definition) is 1. The molecule has 0 saturated carbocycles. The van der Waals surface area contributed by atoms with Crippen LogP contribution >= 0.6 is 0 Å². The van der Waals surface area contributed by atoms with Gasteiger partial charge in [0.25, 0.3) is 0 Å². The number of hydrogen-bond acceptors (Lipinski definition) is 8. The highest BCUT2D eigenvalue weighted by atomic mass is 16.5. The van der Waals surface area contributed by atoms with Gasteiger partial charge in [0, 0.05) is 35.9 Å². The second-order valence-corrected chi connectivity index (χ2v) is 6.66. The number of nitrogens with zero attached hydrogens (tertiary/aromatic N) is 7. The van der Waals surface area contributed by atoms with E-state index in [1.165, 1.54) is 0 Å². The number of ether oxygens (including phenoxy) is 1. The normalized spacial score (nSPS) is 11.6. The molecular weight excluding hydrogens is 392 g/mol. The van der Waals surface area contributed by atoms with Gasteiger partial charge < -0.3 is 10.1 Å². The fourth-order valence-corrected chi connectivity index (χ4v) is 3.02. The molecule has 31 heavy (non-hydrogen) atoms. The highest BCUT2D eigenvalue weighted by Crippen LogP contribution is 2.29. The molecule has 9 nitrogen and oxygen atoms in total. The van der Waals surface area contributed by atoms with Crippen molar-refractivity contribution in [1.82, 2.24) is 29.8 Å². The molecule has 0 spiro atoms. The maximum absolute atomic E-state index is 5.01. The SMILES string of the molecule is C/C=N\c1c(NCc2nnc3ccc(-c4ccc(C)nc4)nn23)ccnc1/C=C/OC. The Morgan fingerprint density at radius 2 is 2.03 bits per heavy atom. The highest BCUT2D eigenvalue weighted by molar-refractivity contribution is 5.78. The summed E-state index contributed by atoms with van der Waals surface area (Å²) in [6.07, 6.45) is 8.59. The standard InChI is InChI=1S/C22H22N8O/c1-4-23-22-18(9-11-24-19(22)10-12-31-3)26-14-21-28-27-20-8-7-17(29-30(20)21)16-6-5-15(2)25-13-16/h4-13H,14H2,1-3H3,(H,24,26)/b12-10+,23-4-. The second-order valence-electron chi connectivity index (χ2n) is 6.66. The zero-order chi connectivity index (χ0) is 21.6. The van der Waals surface area contributed by atoms with E-state index in [2.05, 4.69) is 30.5 Å². The van der Waals surface area contributed by atoms with E-state index in [9.17, 15) is 0 Å². The molecule has 0 unspecified atom stereocenters. The van der Waals surface area contributed by atoms with E-state index >= 15 is 0 Å². The summed E-state index contributed by atoms with van der Waals surface area (Å²) < 4.78 is 6.75. The molecule has 0 bridgehead atoms. The van der Waals surface area contributed by atoms with Crippen LogP contribution in [0.15, 0.2) is 54.0 Å². The van der Waals surface area contributed by atoms with Crippen molar-refractivity contribution in [3.05, 3.63) is 66.2 Å². The molecule has 0 atom stereocenters. The minimum absolute atomic E-state index is 0.410. The Kier molecular flexibility index (Phi) is 5.93. The Labute approximate surface area is 179 Å². The van der Waals surface area contributed by atoms with Crippen LogP contribution in [0.25, 0.3) is 23.0 Å². The number of methoxy groups -OCH3 is 1. The van der Waals surface area contributed by atoms with Gasteiger partial charge >= 0.3 is 0 Å². The van der Waals surface area contributed by atoms with Gasteiger partial charge in [-0.05, 0) is 44.2 Å². The molecule has 0 aliphatic rings. The topological polar surface area (TPSA) is 102 Å². The average molecular weight is 414 g/mol. The Bertz CT molecular complexity index is 1240. The minimum Gasteiger partial charge on any atom is -0.504 e. The predicted molar refractivity (Wildman–Crippen MR) is 120 cm³/mol. The molecule has 9 heteroatoms. The molecule has 4 aromatic rings. The summed E-state index contributed by atoms with van der Waals surface area (Å²) in [6.45, 7) is 4.22. The summed E-state index contributed by atoms with van der Waals surface area (Å²) in [4.78, 5) is 13.2. The van der Waals surface area contributed by atoms with Crippen LogP contribution in [0, 0.1) is 6.92 Å². The van der Waals surface area contributed by atoms with Crippen molar-refractivity contribution in [3.63, 3.8) is 0 Å². The lowest BCUT2D eigenvalue weighted by Gasteiger charge is -2.10. The van der Waals surface area contributed by atoms with Crippen LogP contribution in [0.1, 0.15) is 24.1 Å². The van der Waals surface area contributed by atoms with E-state index in [4.69, 9.17) is 9.84 Å². The number of rotatable bonds is 7. The fourth-order valence-electron chi connectivity index (χ4n) is 3.02. The maximum atomic E-state index is 5.01. The molecule has 0 radical (unpaired) electrons. The lowest BCUT2D eigenvalue weighted by atomic mass is 10.2. The molecule has 0 aliphatic carbocycles. The Hall–Kier alpha value is -4.14. The third-order valence-electron chi connectivity index (χ3n) is 4.54. The highest BCUT2D eigenvalue weighted by Gasteiger charge is 2.11. The molecule has 0 fully saturated rings. The number of aromatic nitrogens is 6. The van der Waals surface area contributed by atoms with E-state index in [0.29, 0.717) is 29.4 Å². The van der Waals surface area contributed by atoms with Crippen molar-refractivity contribution in [2.75, 3.05) is 12.4 Å². The molecule has 156 valence electrons. The Morgan fingerprint density at radius 1 is 1.13 bits per heavy atom. The van der Waals surface area contributed by atoms with Crippen LogP contribution in [-0.2, 0) is 11.3 Å². The van der Waals surface area contributed by atoms with Crippen LogP contribution in [0.5, 0.6) is 0 Å². The van der Waals surface area contributed by atoms with E-state index < -0.39 is 0 Å². The smallest absolute Gasteiger partial charge is 0.178 e. The predicted octanol–water partition coefficient (Wildman–Crippen LogP) is 3.84. The second kappa shape index (κ2) is 9.12. The molecular formula is C22H22N8O. The van der Waals surface area contributed by atoms with Gasteiger partial charge in [0.1, 0.15) is 5.69 Å². The molecule has 4 rings (SSSR count). The monoisotopic (exact) mass is 414 g/mol. The van der Waals surface area contributed by atoms with Gasteiger partial charge in [-0.25, -0.2) is 0 Å². The van der Waals surface area contributed by atoms with Crippen molar-refractivity contribution in [2.45, 2.75) is 20.4 Å². The largest absolute Gasteiger partial charge is 0.504 e. The van der Waals surface area contributed by atoms with Crippen LogP contribution in [0.3, 0.4) is 0 Å². The average Bonchev–Trinajstić information content (AvgIpc) is 3.20. The quantitative estimate of drug-likeness (QED) is 0.362. The van der Waals surface area contributed by atoms with Crippen LogP contribution in [0.2, 0.25) is 0 Å². The van der Waals surface area contributed by atoms with Gasteiger partial charge in [0.15, 0.2) is 11.5 Å². The molecule has 0 aliphatic heterocycles. The van der Waals surface area contributed by atoms with Crippen LogP contribution in [-0.4, -0.2) is 43.1 Å². The number of pyridine rings is 2. The third-order valence-corrected chi connectivity index (χ3v) is 4.54. The molecule has 0 aromatic carbocycles. The van der Waals surface area contributed by atoms with Gasteiger partial charge in [-0.2, -0.15) is 9.61 Å². The number of fused-ring (bicyclic) bond motifs is 1. The first kappa shape index (κ1) is 20.1. The zero-order valence-electron chi connectivity index (χ0n) is 17.5. The molecule has 0 saturated heterocycles. The lowest BCUT2D eigenvalue weighted by molar-refractivity contribution is 0.341. The van der Waals surface area contributed by atoms with Gasteiger partial charge in [-0.1, -0.05) is 0 Å². The summed E-state index contributed by atoms with van der Waals surface area (Å²) in [5.41, 5.74) is 5.60. The summed E-state index contributed by atoms with van der Waals surface area (Å²) in [5.74, 6) is 0.675. The summed E-state index contributed by atoms with van der Waals surface area (Å²) >= 11 is 0. The van der Waals surface area contributed by atoms with Crippen molar-refractivity contribution < 1.29 is 4.74 Å². The van der Waals surface area contributed by atoms with E-state index in [-0.39, 0.29) is 0 Å². The maximum Gasteiger partial charge on any atom is 0.178 e. The van der Waals surface area contributed by atoms with Crippen molar-refractivity contribution >= 4 is 29.3 Å². The van der Waals surface area contributed by atoms with Gasteiger partial charge in [0.05, 0.1) is 37.0 Å². The van der Waals surface area contributed by atoms with Crippen LogP contribution in [0.4, 0.5) is 11.4 Å². The van der Waals surface area contributed by atoms with Gasteiger partial charge in [0.2, 0.25) is 0 Å².